The third kappa shape index (κ3) is 4.49. The smallest absolute Gasteiger partial charge is 0.138 e. The van der Waals surface area contributed by atoms with Gasteiger partial charge in [-0.25, -0.2) is 0 Å². The Labute approximate surface area is 141 Å². The summed E-state index contributed by atoms with van der Waals surface area (Å²) in [6.07, 6.45) is 2.86. The molecule has 0 saturated carbocycles. The Bertz CT molecular complexity index is 683. The lowest BCUT2D eigenvalue weighted by Gasteiger charge is -2.13. The van der Waals surface area contributed by atoms with E-state index in [4.69, 9.17) is 27.9 Å². The molecule has 1 atom stereocenters. The van der Waals surface area contributed by atoms with Crippen LogP contribution in [0.15, 0.2) is 41.4 Å². The highest BCUT2D eigenvalue weighted by Crippen LogP contribution is 2.27. The Kier molecular flexibility index (Phi) is 5.87. The zero-order chi connectivity index (χ0) is 16.1. The zero-order valence-corrected chi connectivity index (χ0v) is 14.4. The van der Waals surface area contributed by atoms with Crippen molar-refractivity contribution in [2.45, 2.75) is 33.3 Å². The van der Waals surface area contributed by atoms with E-state index in [1.54, 1.807) is 6.21 Å². The number of rotatable bonds is 5. The monoisotopic (exact) mass is 335 g/mol. The molecular formula is C18H19Cl2NO. The van der Waals surface area contributed by atoms with Gasteiger partial charge in [-0.2, -0.15) is 0 Å². The van der Waals surface area contributed by atoms with Crippen molar-refractivity contribution >= 4 is 35.1 Å². The van der Waals surface area contributed by atoms with Crippen LogP contribution in [-0.2, 0) is 0 Å². The highest BCUT2D eigenvalue weighted by molar-refractivity contribution is 6.32. The molecule has 2 aromatic carbocycles. The molecular weight excluding hydrogens is 317 g/mol. The van der Waals surface area contributed by atoms with Crippen molar-refractivity contribution in [2.24, 2.45) is 4.99 Å². The fraction of sp³-hybridized carbons (Fsp3) is 0.278. The van der Waals surface area contributed by atoms with Crippen molar-refractivity contribution in [1.29, 1.82) is 0 Å². The van der Waals surface area contributed by atoms with Crippen LogP contribution in [0, 0.1) is 6.92 Å². The Hall–Kier alpha value is -1.51. The third-order valence-corrected chi connectivity index (χ3v) is 3.91. The predicted octanol–water partition coefficient (Wildman–Crippen LogP) is 6.23. The molecule has 116 valence electrons. The van der Waals surface area contributed by atoms with Gasteiger partial charge in [0.15, 0.2) is 0 Å². The molecule has 0 fully saturated rings. The van der Waals surface area contributed by atoms with Crippen LogP contribution >= 0.6 is 23.2 Å². The fourth-order valence-corrected chi connectivity index (χ4v) is 2.26. The van der Waals surface area contributed by atoms with Gasteiger partial charge in [0.25, 0.3) is 0 Å². The van der Waals surface area contributed by atoms with E-state index in [0.717, 1.165) is 23.2 Å². The number of ether oxygens (including phenoxy) is 1. The van der Waals surface area contributed by atoms with Gasteiger partial charge in [-0.3, -0.25) is 4.99 Å². The highest BCUT2D eigenvalue weighted by Gasteiger charge is 2.06. The molecule has 22 heavy (non-hydrogen) atoms. The first-order valence-electron chi connectivity index (χ1n) is 7.26. The Morgan fingerprint density at radius 3 is 2.64 bits per heavy atom. The van der Waals surface area contributed by atoms with Gasteiger partial charge >= 0.3 is 0 Å². The van der Waals surface area contributed by atoms with Crippen molar-refractivity contribution in [3.05, 3.63) is 57.6 Å². The van der Waals surface area contributed by atoms with E-state index in [1.165, 1.54) is 0 Å². The summed E-state index contributed by atoms with van der Waals surface area (Å²) in [6.45, 7) is 6.10. The number of nitrogens with zero attached hydrogens (tertiary/aromatic N) is 1. The summed E-state index contributed by atoms with van der Waals surface area (Å²) < 4.78 is 5.75. The van der Waals surface area contributed by atoms with Crippen LogP contribution in [0.4, 0.5) is 5.69 Å². The SMILES string of the molecule is CC[C@H](C)Oc1ccc(C=Nc2cc(Cl)ccc2C)cc1Cl. The van der Waals surface area contributed by atoms with Gasteiger partial charge in [-0.15, -0.1) is 0 Å². The molecule has 2 aromatic rings. The van der Waals surface area contributed by atoms with E-state index < -0.39 is 0 Å². The van der Waals surface area contributed by atoms with Crippen molar-refractivity contribution in [2.75, 3.05) is 0 Å². The predicted molar refractivity (Wildman–Crippen MR) is 95.3 cm³/mol. The molecule has 4 heteroatoms. The number of halogens is 2. The van der Waals surface area contributed by atoms with Crippen LogP contribution < -0.4 is 4.74 Å². The number of aliphatic imine (C=N–C) groups is 1. The summed E-state index contributed by atoms with van der Waals surface area (Å²) in [6, 6.07) is 11.3. The second kappa shape index (κ2) is 7.66. The van der Waals surface area contributed by atoms with Gasteiger partial charge in [0.05, 0.1) is 16.8 Å². The molecule has 0 saturated heterocycles. The average Bonchev–Trinajstić information content (AvgIpc) is 2.50. The first kappa shape index (κ1) is 16.9. The molecule has 0 heterocycles. The molecule has 0 aliphatic carbocycles. The number of hydrogen-bond acceptors (Lipinski definition) is 2. The average molecular weight is 336 g/mol. The maximum atomic E-state index is 6.26. The van der Waals surface area contributed by atoms with Crippen molar-refractivity contribution in [1.82, 2.24) is 0 Å². The van der Waals surface area contributed by atoms with Crippen molar-refractivity contribution < 1.29 is 4.74 Å². The van der Waals surface area contributed by atoms with Crippen molar-refractivity contribution in [3.63, 3.8) is 0 Å². The van der Waals surface area contributed by atoms with Gasteiger partial charge in [0, 0.05) is 11.2 Å². The summed E-state index contributed by atoms with van der Waals surface area (Å²) in [7, 11) is 0. The second-order valence-corrected chi connectivity index (χ2v) is 6.06. The molecule has 0 aromatic heterocycles. The molecule has 0 aliphatic heterocycles. The molecule has 0 spiro atoms. The molecule has 2 nitrogen and oxygen atoms in total. The van der Waals surface area contributed by atoms with E-state index in [2.05, 4.69) is 11.9 Å². The summed E-state index contributed by atoms with van der Waals surface area (Å²) in [5.74, 6) is 0.701. The topological polar surface area (TPSA) is 21.6 Å². The standard InChI is InChI=1S/C18H19Cl2NO/c1-4-13(3)22-18-8-6-14(9-16(18)20)11-21-17-10-15(19)7-5-12(17)2/h5-11,13H,4H2,1-3H3/t13-/m0/s1. The summed E-state index contributed by atoms with van der Waals surface area (Å²) in [4.78, 5) is 4.48. The molecule has 2 rings (SSSR count). The van der Waals surface area contributed by atoms with E-state index in [9.17, 15) is 0 Å². The first-order valence-corrected chi connectivity index (χ1v) is 8.01. The molecule has 0 N–H and O–H groups in total. The zero-order valence-electron chi connectivity index (χ0n) is 12.9. The Morgan fingerprint density at radius 1 is 1.18 bits per heavy atom. The largest absolute Gasteiger partial charge is 0.489 e. The quantitative estimate of drug-likeness (QED) is 0.593. The third-order valence-electron chi connectivity index (χ3n) is 3.38. The lowest BCUT2D eigenvalue weighted by atomic mass is 10.2. The molecule has 0 aliphatic rings. The van der Waals surface area contributed by atoms with Crippen LogP contribution in [-0.4, -0.2) is 12.3 Å². The minimum atomic E-state index is 0.145. The second-order valence-electron chi connectivity index (χ2n) is 5.22. The highest BCUT2D eigenvalue weighted by atomic mass is 35.5. The van der Waals surface area contributed by atoms with E-state index in [1.807, 2.05) is 50.2 Å². The van der Waals surface area contributed by atoms with Gasteiger partial charge in [0.2, 0.25) is 0 Å². The minimum absolute atomic E-state index is 0.145. The van der Waals surface area contributed by atoms with Gasteiger partial charge in [0.1, 0.15) is 5.75 Å². The normalized spacial score (nSPS) is 12.6. The number of benzene rings is 2. The summed E-state index contributed by atoms with van der Waals surface area (Å²) in [5, 5.41) is 1.26. The van der Waals surface area contributed by atoms with Crippen LogP contribution in [0.2, 0.25) is 10.0 Å². The van der Waals surface area contributed by atoms with E-state index in [0.29, 0.717) is 15.8 Å². The summed E-state index contributed by atoms with van der Waals surface area (Å²) >= 11 is 12.3. The molecule has 0 amide bonds. The maximum Gasteiger partial charge on any atom is 0.138 e. The van der Waals surface area contributed by atoms with E-state index in [-0.39, 0.29) is 6.10 Å². The minimum Gasteiger partial charge on any atom is -0.489 e. The van der Waals surface area contributed by atoms with Gasteiger partial charge in [-0.05, 0) is 61.7 Å². The van der Waals surface area contributed by atoms with Crippen LogP contribution in [0.5, 0.6) is 5.75 Å². The van der Waals surface area contributed by atoms with Gasteiger partial charge < -0.3 is 4.74 Å². The van der Waals surface area contributed by atoms with E-state index >= 15 is 0 Å². The first-order chi connectivity index (χ1) is 10.5. The lowest BCUT2D eigenvalue weighted by molar-refractivity contribution is 0.217. The maximum absolute atomic E-state index is 6.26. The number of hydrogen-bond donors (Lipinski definition) is 0. The molecule has 0 bridgehead atoms. The Morgan fingerprint density at radius 2 is 1.95 bits per heavy atom. The lowest BCUT2D eigenvalue weighted by Crippen LogP contribution is -2.09. The van der Waals surface area contributed by atoms with Gasteiger partial charge in [-0.1, -0.05) is 36.2 Å². The molecule has 0 unspecified atom stereocenters. The van der Waals surface area contributed by atoms with Crippen molar-refractivity contribution in [3.8, 4) is 5.75 Å². The van der Waals surface area contributed by atoms with Crippen LogP contribution in [0.3, 0.4) is 0 Å². The Balaban J connectivity index is 2.18. The fourth-order valence-electron chi connectivity index (χ4n) is 1.86. The van der Waals surface area contributed by atoms with Crippen LogP contribution in [0.25, 0.3) is 0 Å². The molecule has 0 radical (unpaired) electrons. The summed E-state index contributed by atoms with van der Waals surface area (Å²) in [5.41, 5.74) is 2.84. The van der Waals surface area contributed by atoms with Crippen LogP contribution in [0.1, 0.15) is 31.4 Å². The number of aryl methyl sites for hydroxylation is 1.